The lowest BCUT2D eigenvalue weighted by molar-refractivity contribution is -0.385. The number of benzene rings is 2. The van der Waals surface area contributed by atoms with Gasteiger partial charge in [-0.3, -0.25) is 14.9 Å². The second kappa shape index (κ2) is 8.34. The monoisotopic (exact) mass is 364 g/mol. The van der Waals surface area contributed by atoms with Crippen LogP contribution in [0.1, 0.15) is 15.9 Å². The van der Waals surface area contributed by atoms with Crippen LogP contribution >= 0.6 is 11.6 Å². The van der Waals surface area contributed by atoms with Crippen molar-refractivity contribution in [2.24, 2.45) is 0 Å². The molecule has 0 fully saturated rings. The van der Waals surface area contributed by atoms with E-state index in [1.807, 2.05) is 12.1 Å². The zero-order valence-corrected chi connectivity index (χ0v) is 14.5. The maximum Gasteiger partial charge on any atom is 0.283 e. The third-order valence-electron chi connectivity index (χ3n) is 3.55. The van der Waals surface area contributed by atoms with Crippen LogP contribution in [0.2, 0.25) is 5.02 Å². The summed E-state index contributed by atoms with van der Waals surface area (Å²) in [5, 5.41) is 13.9. The van der Waals surface area contributed by atoms with Crippen LogP contribution in [0.4, 0.5) is 5.69 Å². The van der Waals surface area contributed by atoms with E-state index in [9.17, 15) is 14.9 Å². The van der Waals surface area contributed by atoms with E-state index in [4.69, 9.17) is 21.1 Å². The first-order valence-electron chi connectivity index (χ1n) is 7.39. The van der Waals surface area contributed by atoms with Gasteiger partial charge in [-0.25, -0.2) is 0 Å². The van der Waals surface area contributed by atoms with Crippen molar-refractivity contribution in [3.8, 4) is 11.5 Å². The Morgan fingerprint density at radius 3 is 2.52 bits per heavy atom. The summed E-state index contributed by atoms with van der Waals surface area (Å²) in [6, 6.07) is 9.39. The van der Waals surface area contributed by atoms with Gasteiger partial charge in [-0.15, -0.1) is 0 Å². The number of nitrogens with one attached hydrogen (secondary N) is 1. The number of nitro benzene ring substituents is 1. The van der Waals surface area contributed by atoms with E-state index in [-0.39, 0.29) is 16.3 Å². The molecule has 0 aliphatic heterocycles. The molecule has 25 heavy (non-hydrogen) atoms. The molecule has 0 saturated carbocycles. The minimum Gasteiger partial charge on any atom is -0.493 e. The predicted octanol–water partition coefficient (Wildman–Crippen LogP) is 3.24. The van der Waals surface area contributed by atoms with Crippen LogP contribution in [0.5, 0.6) is 11.5 Å². The SMILES string of the molecule is COc1ccc(CCNC(=O)c2ccc(Cl)cc2[N+](=O)[O-])cc1OC. The molecule has 1 amide bonds. The van der Waals surface area contributed by atoms with Crippen LogP contribution in [0.25, 0.3) is 0 Å². The summed E-state index contributed by atoms with van der Waals surface area (Å²) in [5.41, 5.74) is 0.585. The van der Waals surface area contributed by atoms with E-state index in [1.54, 1.807) is 20.3 Å². The molecule has 0 heterocycles. The van der Waals surface area contributed by atoms with Gasteiger partial charge in [0.1, 0.15) is 5.56 Å². The van der Waals surface area contributed by atoms with Crippen molar-refractivity contribution in [3.63, 3.8) is 0 Å². The van der Waals surface area contributed by atoms with Crippen LogP contribution in [0, 0.1) is 10.1 Å². The standard InChI is InChI=1S/C17H17ClN2O5/c1-24-15-6-3-11(9-16(15)25-2)7-8-19-17(21)13-5-4-12(18)10-14(13)20(22)23/h3-6,9-10H,7-8H2,1-2H3,(H,19,21). The Kier molecular flexibility index (Phi) is 6.19. The van der Waals surface area contributed by atoms with Crippen LogP contribution in [-0.2, 0) is 6.42 Å². The van der Waals surface area contributed by atoms with Gasteiger partial charge in [-0.2, -0.15) is 0 Å². The Morgan fingerprint density at radius 1 is 1.16 bits per heavy atom. The second-order valence-corrected chi connectivity index (χ2v) is 5.55. The number of rotatable bonds is 7. The molecular weight excluding hydrogens is 348 g/mol. The summed E-state index contributed by atoms with van der Waals surface area (Å²) in [6.07, 6.45) is 0.535. The fourth-order valence-electron chi connectivity index (χ4n) is 2.30. The highest BCUT2D eigenvalue weighted by Crippen LogP contribution is 2.27. The fraction of sp³-hybridized carbons (Fsp3) is 0.235. The number of nitro groups is 1. The quantitative estimate of drug-likeness (QED) is 0.601. The van der Waals surface area contributed by atoms with Crippen LogP contribution in [0.15, 0.2) is 36.4 Å². The van der Waals surface area contributed by atoms with Crippen LogP contribution in [0.3, 0.4) is 0 Å². The molecule has 7 nitrogen and oxygen atoms in total. The molecule has 0 aromatic heterocycles. The largest absolute Gasteiger partial charge is 0.493 e. The van der Waals surface area contributed by atoms with Gasteiger partial charge in [0.25, 0.3) is 11.6 Å². The number of ether oxygens (including phenoxy) is 2. The number of halogens is 1. The molecule has 2 aromatic rings. The van der Waals surface area contributed by atoms with Gasteiger partial charge in [-0.1, -0.05) is 17.7 Å². The number of carbonyl (C=O) groups is 1. The molecule has 132 valence electrons. The first kappa shape index (κ1) is 18.5. The lowest BCUT2D eigenvalue weighted by Crippen LogP contribution is -2.26. The molecule has 0 saturated heterocycles. The van der Waals surface area contributed by atoms with Gasteiger partial charge in [0.15, 0.2) is 11.5 Å². The van der Waals surface area contributed by atoms with E-state index in [1.165, 1.54) is 12.1 Å². The Morgan fingerprint density at radius 2 is 1.88 bits per heavy atom. The number of hydrogen-bond donors (Lipinski definition) is 1. The van der Waals surface area contributed by atoms with Gasteiger partial charge < -0.3 is 14.8 Å². The van der Waals surface area contributed by atoms with Gasteiger partial charge in [-0.05, 0) is 36.2 Å². The zero-order chi connectivity index (χ0) is 18.4. The molecule has 2 rings (SSSR count). The first-order valence-corrected chi connectivity index (χ1v) is 7.77. The second-order valence-electron chi connectivity index (χ2n) is 5.11. The van der Waals surface area contributed by atoms with Crippen molar-refractivity contribution in [1.29, 1.82) is 0 Å². The highest BCUT2D eigenvalue weighted by atomic mass is 35.5. The number of nitrogens with zero attached hydrogens (tertiary/aromatic N) is 1. The highest BCUT2D eigenvalue weighted by molar-refractivity contribution is 6.31. The summed E-state index contributed by atoms with van der Waals surface area (Å²) in [5.74, 6) is 0.690. The van der Waals surface area contributed by atoms with Crippen LogP contribution < -0.4 is 14.8 Å². The molecule has 0 spiro atoms. The molecule has 2 aromatic carbocycles. The van der Waals surface area contributed by atoms with Crippen molar-refractivity contribution < 1.29 is 19.2 Å². The molecule has 0 atom stereocenters. The minimum absolute atomic E-state index is 0.0262. The maximum absolute atomic E-state index is 12.2. The van der Waals surface area contributed by atoms with Crippen molar-refractivity contribution in [1.82, 2.24) is 5.32 Å². The smallest absolute Gasteiger partial charge is 0.283 e. The third-order valence-corrected chi connectivity index (χ3v) is 3.78. The van der Waals surface area contributed by atoms with Crippen molar-refractivity contribution in [2.75, 3.05) is 20.8 Å². The molecule has 0 aliphatic carbocycles. The van der Waals surface area contributed by atoms with E-state index < -0.39 is 10.8 Å². The Balaban J connectivity index is 2.03. The molecule has 0 bridgehead atoms. The minimum atomic E-state index is -0.630. The number of amides is 1. The summed E-state index contributed by atoms with van der Waals surface area (Å²) in [7, 11) is 3.10. The molecule has 1 N–H and O–H groups in total. The average molecular weight is 365 g/mol. The van der Waals surface area contributed by atoms with E-state index >= 15 is 0 Å². The Bertz CT molecular complexity index is 795. The lowest BCUT2D eigenvalue weighted by atomic mass is 10.1. The number of methoxy groups -OCH3 is 2. The van der Waals surface area contributed by atoms with Gasteiger partial charge in [0.2, 0.25) is 0 Å². The van der Waals surface area contributed by atoms with Gasteiger partial charge in [0.05, 0.1) is 19.1 Å². The van der Waals surface area contributed by atoms with Gasteiger partial charge in [0, 0.05) is 17.6 Å². The average Bonchev–Trinajstić information content (AvgIpc) is 2.61. The third kappa shape index (κ3) is 4.60. The lowest BCUT2D eigenvalue weighted by Gasteiger charge is -2.10. The van der Waals surface area contributed by atoms with E-state index in [0.29, 0.717) is 24.5 Å². The Hall–Kier alpha value is -2.80. The summed E-state index contributed by atoms with van der Waals surface area (Å²) >= 11 is 5.74. The van der Waals surface area contributed by atoms with Crippen LogP contribution in [-0.4, -0.2) is 31.6 Å². The molecule has 0 radical (unpaired) electrons. The number of carbonyl (C=O) groups excluding carboxylic acids is 1. The topological polar surface area (TPSA) is 90.7 Å². The first-order chi connectivity index (χ1) is 12.0. The molecule has 8 heteroatoms. The van der Waals surface area contributed by atoms with Crippen molar-refractivity contribution in [2.45, 2.75) is 6.42 Å². The number of hydrogen-bond acceptors (Lipinski definition) is 5. The summed E-state index contributed by atoms with van der Waals surface area (Å²) in [6.45, 7) is 0.314. The van der Waals surface area contributed by atoms with Crippen molar-refractivity contribution in [3.05, 3.63) is 62.7 Å². The fourth-order valence-corrected chi connectivity index (χ4v) is 2.47. The molecular formula is C17H17ClN2O5. The van der Waals surface area contributed by atoms with Gasteiger partial charge >= 0.3 is 0 Å². The molecule has 0 unspecified atom stereocenters. The highest BCUT2D eigenvalue weighted by Gasteiger charge is 2.20. The Labute approximate surface area is 149 Å². The molecule has 0 aliphatic rings. The normalized spacial score (nSPS) is 10.2. The zero-order valence-electron chi connectivity index (χ0n) is 13.7. The predicted molar refractivity (Wildman–Crippen MR) is 93.7 cm³/mol. The maximum atomic E-state index is 12.2. The van der Waals surface area contributed by atoms with E-state index in [2.05, 4.69) is 5.32 Å². The van der Waals surface area contributed by atoms with E-state index in [0.717, 1.165) is 11.6 Å². The summed E-state index contributed by atoms with van der Waals surface area (Å²) in [4.78, 5) is 22.6. The van der Waals surface area contributed by atoms with Crippen molar-refractivity contribution >= 4 is 23.2 Å². The summed E-state index contributed by atoms with van der Waals surface area (Å²) < 4.78 is 10.4.